The number of nitrogens with one attached hydrogen (secondary N) is 2. The van der Waals surface area contributed by atoms with E-state index in [4.69, 9.17) is 10.5 Å². The van der Waals surface area contributed by atoms with Crippen LogP contribution in [0, 0.1) is 6.92 Å². The predicted octanol–water partition coefficient (Wildman–Crippen LogP) is 0.747. The van der Waals surface area contributed by atoms with Crippen LogP contribution in [0.5, 0.6) is 0 Å². The number of methoxy groups -OCH3 is 1. The summed E-state index contributed by atoms with van der Waals surface area (Å²) in [7, 11) is 1.53. The lowest BCUT2D eigenvalue weighted by Crippen LogP contribution is -2.34. The largest absolute Gasteiger partial charge is 0.383 e. The first-order valence-corrected chi connectivity index (χ1v) is 7.36. The number of nitrogens with zero attached hydrogens (tertiary/aromatic N) is 1. The Morgan fingerprint density at radius 3 is 2.81 bits per heavy atom. The van der Waals surface area contributed by atoms with E-state index in [1.54, 1.807) is 11.3 Å². The maximum atomic E-state index is 11.9. The van der Waals surface area contributed by atoms with Crippen molar-refractivity contribution >= 4 is 22.8 Å². The Bertz CT molecular complexity index is 732. The van der Waals surface area contributed by atoms with E-state index in [-0.39, 0.29) is 18.1 Å². The molecule has 0 saturated heterocycles. The Labute approximate surface area is 125 Å². The fourth-order valence-corrected chi connectivity index (χ4v) is 2.77. The number of aromatic amines is 1. The van der Waals surface area contributed by atoms with Crippen molar-refractivity contribution in [1.82, 2.24) is 9.55 Å². The van der Waals surface area contributed by atoms with Crippen molar-refractivity contribution in [2.45, 2.75) is 20.0 Å². The maximum Gasteiger partial charge on any atom is 0.330 e. The highest BCUT2D eigenvalue weighted by atomic mass is 32.1. The molecular weight excluding hydrogens is 292 g/mol. The van der Waals surface area contributed by atoms with Gasteiger partial charge in [0.05, 0.1) is 13.2 Å². The van der Waals surface area contributed by atoms with E-state index in [0.717, 1.165) is 11.1 Å². The molecule has 2 aromatic heterocycles. The third-order valence-corrected chi connectivity index (χ3v) is 4.09. The third-order valence-electron chi connectivity index (χ3n) is 3.18. The number of rotatable bonds is 6. The minimum Gasteiger partial charge on any atom is -0.383 e. The quantitative estimate of drug-likeness (QED) is 0.730. The average Bonchev–Trinajstić information content (AvgIpc) is 2.84. The molecule has 2 heterocycles. The van der Waals surface area contributed by atoms with Gasteiger partial charge in [-0.1, -0.05) is 0 Å². The summed E-state index contributed by atoms with van der Waals surface area (Å²) in [5, 5.41) is 7.05. The van der Waals surface area contributed by atoms with Gasteiger partial charge in [0.1, 0.15) is 11.5 Å². The SMILES string of the molecule is COCCn1c(N)c(NCc2cscc2C)c(=O)[nH]c1=O. The smallest absolute Gasteiger partial charge is 0.330 e. The molecule has 0 aliphatic heterocycles. The summed E-state index contributed by atoms with van der Waals surface area (Å²) in [5.41, 5.74) is 7.33. The van der Waals surface area contributed by atoms with Crippen LogP contribution in [0.4, 0.5) is 11.5 Å². The van der Waals surface area contributed by atoms with E-state index in [9.17, 15) is 9.59 Å². The number of thiophene rings is 1. The number of ether oxygens (including phenoxy) is 1. The van der Waals surface area contributed by atoms with Gasteiger partial charge in [-0.15, -0.1) is 0 Å². The van der Waals surface area contributed by atoms with Crippen LogP contribution < -0.4 is 22.3 Å². The van der Waals surface area contributed by atoms with E-state index < -0.39 is 11.2 Å². The first-order chi connectivity index (χ1) is 10.0. The molecule has 0 radical (unpaired) electrons. The molecule has 0 atom stereocenters. The second kappa shape index (κ2) is 6.59. The average molecular weight is 310 g/mol. The Morgan fingerprint density at radius 1 is 1.43 bits per heavy atom. The number of hydrogen-bond acceptors (Lipinski definition) is 6. The number of nitrogens with two attached hydrogens (primary N) is 1. The lowest BCUT2D eigenvalue weighted by atomic mass is 10.2. The molecule has 2 rings (SSSR count). The molecule has 0 amide bonds. The Hall–Kier alpha value is -2.06. The number of hydrogen-bond donors (Lipinski definition) is 3. The van der Waals surface area contributed by atoms with Crippen molar-refractivity contribution in [1.29, 1.82) is 0 Å². The maximum absolute atomic E-state index is 11.9. The van der Waals surface area contributed by atoms with Crippen molar-refractivity contribution in [3.05, 3.63) is 42.7 Å². The highest BCUT2D eigenvalue weighted by molar-refractivity contribution is 7.08. The Kier molecular flexibility index (Phi) is 4.81. The van der Waals surface area contributed by atoms with Gasteiger partial charge in [-0.05, 0) is 28.8 Å². The van der Waals surface area contributed by atoms with Crippen molar-refractivity contribution in [3.63, 3.8) is 0 Å². The van der Waals surface area contributed by atoms with E-state index in [1.165, 1.54) is 11.7 Å². The summed E-state index contributed by atoms with van der Waals surface area (Å²) in [5.74, 6) is 0.119. The standard InChI is InChI=1S/C13H18N4O3S/c1-8-6-21-7-9(8)5-15-10-11(14)17(3-4-20-2)13(19)16-12(10)18/h6-7,15H,3-5,14H2,1-2H3,(H,16,18,19). The topological polar surface area (TPSA) is 102 Å². The molecule has 2 aromatic rings. The van der Waals surface area contributed by atoms with Gasteiger partial charge in [0.2, 0.25) is 0 Å². The fraction of sp³-hybridized carbons (Fsp3) is 0.385. The van der Waals surface area contributed by atoms with Gasteiger partial charge in [0.15, 0.2) is 0 Å². The van der Waals surface area contributed by atoms with Gasteiger partial charge < -0.3 is 15.8 Å². The summed E-state index contributed by atoms with van der Waals surface area (Å²) in [6, 6.07) is 0. The summed E-state index contributed by atoms with van der Waals surface area (Å²) in [4.78, 5) is 25.9. The third kappa shape index (κ3) is 3.34. The highest BCUT2D eigenvalue weighted by Crippen LogP contribution is 2.16. The predicted molar refractivity (Wildman–Crippen MR) is 84.0 cm³/mol. The number of aromatic nitrogens is 2. The van der Waals surface area contributed by atoms with Crippen LogP contribution in [-0.4, -0.2) is 23.3 Å². The van der Waals surface area contributed by atoms with Crippen LogP contribution in [-0.2, 0) is 17.8 Å². The zero-order valence-electron chi connectivity index (χ0n) is 11.9. The zero-order chi connectivity index (χ0) is 15.4. The summed E-state index contributed by atoms with van der Waals surface area (Å²) >= 11 is 1.60. The van der Waals surface area contributed by atoms with Gasteiger partial charge in [0, 0.05) is 13.7 Å². The second-order valence-corrected chi connectivity index (χ2v) is 5.34. The second-order valence-electron chi connectivity index (χ2n) is 4.60. The van der Waals surface area contributed by atoms with Crippen molar-refractivity contribution in [3.8, 4) is 0 Å². The molecule has 0 unspecified atom stereocenters. The molecule has 114 valence electrons. The first kappa shape index (κ1) is 15.3. The molecule has 0 aliphatic rings. The minimum absolute atomic E-state index is 0.119. The molecule has 4 N–H and O–H groups in total. The number of aryl methyl sites for hydroxylation is 1. The van der Waals surface area contributed by atoms with Crippen molar-refractivity contribution < 1.29 is 4.74 Å². The minimum atomic E-state index is -0.535. The molecule has 0 spiro atoms. The van der Waals surface area contributed by atoms with Gasteiger partial charge in [-0.2, -0.15) is 11.3 Å². The Morgan fingerprint density at radius 2 is 2.19 bits per heavy atom. The molecule has 0 fully saturated rings. The van der Waals surface area contributed by atoms with Crippen molar-refractivity contribution in [2.75, 3.05) is 24.8 Å². The number of nitrogen functional groups attached to an aromatic ring is 1. The molecule has 8 heteroatoms. The lowest BCUT2D eigenvalue weighted by Gasteiger charge is -2.13. The van der Waals surface area contributed by atoms with Crippen LogP contribution >= 0.6 is 11.3 Å². The molecule has 21 heavy (non-hydrogen) atoms. The number of anilines is 2. The van der Waals surface area contributed by atoms with E-state index in [2.05, 4.69) is 10.3 Å². The van der Waals surface area contributed by atoms with Gasteiger partial charge >= 0.3 is 5.69 Å². The lowest BCUT2D eigenvalue weighted by molar-refractivity contribution is 0.186. The highest BCUT2D eigenvalue weighted by Gasteiger charge is 2.12. The Balaban J connectivity index is 2.28. The normalized spacial score (nSPS) is 10.8. The molecule has 7 nitrogen and oxygen atoms in total. The van der Waals surface area contributed by atoms with Crippen LogP contribution in [0.15, 0.2) is 20.3 Å². The zero-order valence-corrected chi connectivity index (χ0v) is 12.8. The molecular formula is C13H18N4O3S. The van der Waals surface area contributed by atoms with E-state index in [1.807, 2.05) is 17.7 Å². The molecule has 0 saturated carbocycles. The summed E-state index contributed by atoms with van der Waals surface area (Å²) in [6.07, 6.45) is 0. The fourth-order valence-electron chi connectivity index (χ4n) is 1.91. The van der Waals surface area contributed by atoms with Crippen LogP contribution in [0.2, 0.25) is 0 Å². The molecule has 0 aromatic carbocycles. The van der Waals surface area contributed by atoms with Crippen LogP contribution in [0.3, 0.4) is 0 Å². The van der Waals surface area contributed by atoms with Gasteiger partial charge in [-0.3, -0.25) is 14.3 Å². The molecule has 0 bridgehead atoms. The van der Waals surface area contributed by atoms with E-state index in [0.29, 0.717) is 13.2 Å². The van der Waals surface area contributed by atoms with E-state index >= 15 is 0 Å². The van der Waals surface area contributed by atoms with Gasteiger partial charge in [0.25, 0.3) is 5.56 Å². The van der Waals surface area contributed by atoms with Gasteiger partial charge in [-0.25, -0.2) is 4.79 Å². The molecule has 0 aliphatic carbocycles. The first-order valence-electron chi connectivity index (χ1n) is 6.41. The number of H-pyrrole nitrogens is 1. The summed E-state index contributed by atoms with van der Waals surface area (Å²) in [6.45, 7) is 3.09. The monoisotopic (exact) mass is 310 g/mol. The van der Waals surface area contributed by atoms with Crippen LogP contribution in [0.25, 0.3) is 0 Å². The van der Waals surface area contributed by atoms with Crippen molar-refractivity contribution in [2.24, 2.45) is 0 Å². The van der Waals surface area contributed by atoms with Crippen LogP contribution in [0.1, 0.15) is 11.1 Å². The summed E-state index contributed by atoms with van der Waals surface area (Å²) < 4.78 is 6.22.